The van der Waals surface area contributed by atoms with E-state index >= 15 is 0 Å². The number of carboxylic acid groups (broad SMARTS) is 1. The second kappa shape index (κ2) is 7.46. The number of carbonyl (C=O) groups is 2. The molecule has 1 rings (SSSR count). The van der Waals surface area contributed by atoms with Crippen LogP contribution in [0.4, 0.5) is 26.3 Å². The molecule has 0 heterocycles. The van der Waals surface area contributed by atoms with E-state index in [0.717, 1.165) is 0 Å². The third-order valence-corrected chi connectivity index (χ3v) is 3.20. The number of aliphatic carboxylic acids is 1. The van der Waals surface area contributed by atoms with Crippen LogP contribution in [0.15, 0.2) is 29.3 Å². The molecular weight excluding hydrogens is 424 g/mol. The molecule has 1 aromatic rings. The van der Waals surface area contributed by atoms with Gasteiger partial charge in [-0.2, -0.15) is 26.3 Å². The normalized spacial score (nSPS) is 13.2. The molecule has 0 unspecified atom stereocenters. The zero-order valence-corrected chi connectivity index (χ0v) is 13.7. The van der Waals surface area contributed by atoms with Crippen LogP contribution in [0.5, 0.6) is 0 Å². The number of hydrogen-bond donors (Lipinski definition) is 2. The number of carbonyl (C=O) groups excluding carboxylic acids is 1. The summed E-state index contributed by atoms with van der Waals surface area (Å²) >= 11 is 2.86. The SMILES string of the molecule is C=C(Br)C[C@H](NC(=O)c1cc(C(F)(F)F)cc(C(F)(F)F)c1)C(=O)O. The number of benzene rings is 1. The van der Waals surface area contributed by atoms with Gasteiger partial charge in [-0.3, -0.25) is 4.79 Å². The van der Waals surface area contributed by atoms with Crippen LogP contribution in [-0.2, 0) is 17.1 Å². The van der Waals surface area contributed by atoms with Crippen molar-refractivity contribution < 1.29 is 41.0 Å². The Balaban J connectivity index is 3.28. The number of carboxylic acids is 1. The summed E-state index contributed by atoms with van der Waals surface area (Å²) in [7, 11) is 0. The van der Waals surface area contributed by atoms with Gasteiger partial charge in [0.2, 0.25) is 0 Å². The zero-order valence-electron chi connectivity index (χ0n) is 12.1. The van der Waals surface area contributed by atoms with E-state index in [4.69, 9.17) is 5.11 Å². The van der Waals surface area contributed by atoms with Gasteiger partial charge in [0.05, 0.1) is 11.1 Å². The molecule has 1 atom stereocenters. The maximum absolute atomic E-state index is 12.8. The van der Waals surface area contributed by atoms with E-state index in [2.05, 4.69) is 22.5 Å². The monoisotopic (exact) mass is 433 g/mol. The fourth-order valence-corrected chi connectivity index (χ4v) is 2.07. The highest BCUT2D eigenvalue weighted by atomic mass is 79.9. The number of nitrogens with one attached hydrogen (secondary N) is 1. The highest BCUT2D eigenvalue weighted by molar-refractivity contribution is 9.11. The Morgan fingerprint density at radius 2 is 1.52 bits per heavy atom. The third-order valence-electron chi connectivity index (χ3n) is 2.88. The van der Waals surface area contributed by atoms with Gasteiger partial charge in [-0.05, 0) is 22.7 Å². The summed E-state index contributed by atoms with van der Waals surface area (Å²) in [5.41, 5.74) is -4.32. The van der Waals surface area contributed by atoms with Gasteiger partial charge in [-0.15, -0.1) is 0 Å². The van der Waals surface area contributed by atoms with Crippen LogP contribution >= 0.6 is 15.9 Å². The molecule has 0 aliphatic carbocycles. The van der Waals surface area contributed by atoms with Crippen molar-refractivity contribution in [3.8, 4) is 0 Å². The summed E-state index contributed by atoms with van der Waals surface area (Å²) < 4.78 is 76.7. The molecule has 0 aromatic heterocycles. The highest BCUT2D eigenvalue weighted by Gasteiger charge is 2.37. The number of hydrogen-bond acceptors (Lipinski definition) is 2. The Kier molecular flexibility index (Phi) is 6.27. The average molecular weight is 434 g/mol. The minimum atomic E-state index is -5.12. The standard InChI is InChI=1S/C14H10BrF6NO3/c1-6(15)2-10(12(24)25)22-11(23)7-3-8(13(16,17)18)5-9(4-7)14(19,20)21/h3-5,10H,1-2H2,(H,22,23)(H,24,25)/t10-/m0/s1. The first kappa shape index (κ1) is 21.0. The molecule has 2 N–H and O–H groups in total. The lowest BCUT2D eigenvalue weighted by atomic mass is 10.0. The smallest absolute Gasteiger partial charge is 0.416 e. The maximum Gasteiger partial charge on any atom is 0.416 e. The summed E-state index contributed by atoms with van der Waals surface area (Å²) in [6.45, 7) is 3.35. The van der Waals surface area contributed by atoms with Gasteiger partial charge < -0.3 is 10.4 Å². The van der Waals surface area contributed by atoms with E-state index in [1.54, 1.807) is 0 Å². The third kappa shape index (κ3) is 6.07. The number of halogens is 7. The first-order chi connectivity index (χ1) is 11.2. The van der Waals surface area contributed by atoms with E-state index in [1.807, 2.05) is 5.32 Å². The van der Waals surface area contributed by atoms with Crippen LogP contribution in [0.2, 0.25) is 0 Å². The summed E-state index contributed by atoms with van der Waals surface area (Å²) in [6, 6.07) is -1.28. The molecule has 1 aromatic carbocycles. The number of rotatable bonds is 5. The van der Waals surface area contributed by atoms with Gasteiger partial charge >= 0.3 is 18.3 Å². The quantitative estimate of drug-likeness (QED) is 0.683. The lowest BCUT2D eigenvalue weighted by Crippen LogP contribution is -2.40. The first-order valence-electron chi connectivity index (χ1n) is 6.38. The zero-order chi connectivity index (χ0) is 19.6. The van der Waals surface area contributed by atoms with Crippen molar-refractivity contribution in [3.63, 3.8) is 0 Å². The predicted octanol–water partition coefficient (Wildman–Crippen LogP) is 4.21. The number of alkyl halides is 6. The summed E-state index contributed by atoms with van der Waals surface area (Å²) in [5, 5.41) is 10.8. The molecule has 0 radical (unpaired) electrons. The van der Waals surface area contributed by atoms with Gasteiger partial charge in [-0.1, -0.05) is 22.5 Å². The molecule has 4 nitrogen and oxygen atoms in total. The molecule has 1 amide bonds. The molecule has 0 bridgehead atoms. The summed E-state index contributed by atoms with van der Waals surface area (Å²) in [6.07, 6.45) is -10.6. The van der Waals surface area contributed by atoms with Gasteiger partial charge in [0.15, 0.2) is 0 Å². The minimum Gasteiger partial charge on any atom is -0.480 e. The van der Waals surface area contributed by atoms with Crippen molar-refractivity contribution in [2.24, 2.45) is 0 Å². The Morgan fingerprint density at radius 3 is 1.84 bits per heavy atom. The van der Waals surface area contributed by atoms with E-state index in [9.17, 15) is 35.9 Å². The van der Waals surface area contributed by atoms with E-state index in [1.165, 1.54) is 0 Å². The van der Waals surface area contributed by atoms with Crippen molar-refractivity contribution in [3.05, 3.63) is 46.0 Å². The minimum absolute atomic E-state index is 0.133. The molecule has 11 heteroatoms. The van der Waals surface area contributed by atoms with Gasteiger partial charge in [0, 0.05) is 12.0 Å². The van der Waals surface area contributed by atoms with Crippen LogP contribution in [0, 0.1) is 0 Å². The molecule has 0 fully saturated rings. The van der Waals surface area contributed by atoms with Crippen LogP contribution in [0.1, 0.15) is 27.9 Å². The van der Waals surface area contributed by atoms with Crippen LogP contribution in [0.3, 0.4) is 0 Å². The van der Waals surface area contributed by atoms with Crippen molar-refractivity contribution in [2.75, 3.05) is 0 Å². The van der Waals surface area contributed by atoms with Crippen molar-refractivity contribution in [1.82, 2.24) is 5.32 Å². The largest absolute Gasteiger partial charge is 0.480 e. The fraction of sp³-hybridized carbons (Fsp3) is 0.286. The molecule has 0 saturated heterocycles. The van der Waals surface area contributed by atoms with Gasteiger partial charge in [-0.25, -0.2) is 4.79 Å². The highest BCUT2D eigenvalue weighted by Crippen LogP contribution is 2.36. The van der Waals surface area contributed by atoms with E-state index in [-0.39, 0.29) is 29.1 Å². The van der Waals surface area contributed by atoms with Crippen LogP contribution in [0.25, 0.3) is 0 Å². The first-order valence-corrected chi connectivity index (χ1v) is 7.17. The van der Waals surface area contributed by atoms with Gasteiger partial charge in [0.1, 0.15) is 6.04 Å². The lowest BCUT2D eigenvalue weighted by Gasteiger charge is -2.16. The second-order valence-electron chi connectivity index (χ2n) is 4.88. The number of amides is 1. The molecular formula is C14H10BrF6NO3. The average Bonchev–Trinajstić information content (AvgIpc) is 2.43. The molecule has 0 aliphatic rings. The molecule has 0 aliphatic heterocycles. The lowest BCUT2D eigenvalue weighted by molar-refractivity contribution is -0.143. The Morgan fingerprint density at radius 1 is 1.08 bits per heavy atom. The predicted molar refractivity (Wildman–Crippen MR) is 78.0 cm³/mol. The van der Waals surface area contributed by atoms with Crippen molar-refractivity contribution in [2.45, 2.75) is 24.8 Å². The Labute approximate surface area is 145 Å². The van der Waals surface area contributed by atoms with Crippen LogP contribution in [-0.4, -0.2) is 23.0 Å². The Bertz CT molecular complexity index is 667. The second-order valence-corrected chi connectivity index (χ2v) is 6.00. The van der Waals surface area contributed by atoms with E-state index in [0.29, 0.717) is 0 Å². The topological polar surface area (TPSA) is 66.4 Å². The maximum atomic E-state index is 12.8. The van der Waals surface area contributed by atoms with Crippen LogP contribution < -0.4 is 5.32 Å². The van der Waals surface area contributed by atoms with E-state index < -0.39 is 47.0 Å². The molecule has 25 heavy (non-hydrogen) atoms. The molecule has 138 valence electrons. The fourth-order valence-electron chi connectivity index (χ4n) is 1.75. The van der Waals surface area contributed by atoms with Crippen molar-refractivity contribution >= 4 is 27.8 Å². The Hall–Kier alpha value is -2.04. The summed E-state index contributed by atoms with van der Waals surface area (Å²) in [5.74, 6) is -2.92. The molecule has 0 saturated carbocycles. The van der Waals surface area contributed by atoms with Gasteiger partial charge in [0.25, 0.3) is 5.91 Å². The molecule has 0 spiro atoms. The summed E-state index contributed by atoms with van der Waals surface area (Å²) in [4.78, 5) is 23.0. The van der Waals surface area contributed by atoms with Crippen molar-refractivity contribution in [1.29, 1.82) is 0 Å².